The Morgan fingerprint density at radius 2 is 1.67 bits per heavy atom. The van der Waals surface area contributed by atoms with E-state index in [-0.39, 0.29) is 48.1 Å². The van der Waals surface area contributed by atoms with Crippen LogP contribution in [-0.4, -0.2) is 57.7 Å². The lowest BCUT2D eigenvalue weighted by Crippen LogP contribution is -2.50. The summed E-state index contributed by atoms with van der Waals surface area (Å²) in [6.45, 7) is 11.8. The number of benzene rings is 3. The molecule has 0 radical (unpaired) electrons. The molecular weight excluding hydrogens is 682 g/mol. The first-order valence-corrected chi connectivity index (χ1v) is 16.6. The molecule has 0 saturated heterocycles. The maximum absolute atomic E-state index is 13.6. The molecule has 1 heterocycles. The Balaban J connectivity index is 1.60. The van der Waals surface area contributed by atoms with Crippen molar-refractivity contribution < 1.29 is 38.3 Å². The van der Waals surface area contributed by atoms with Crippen LogP contribution < -0.4 is 19.7 Å². The predicted octanol–water partition coefficient (Wildman–Crippen LogP) is 7.98. The van der Waals surface area contributed by atoms with E-state index in [0.29, 0.717) is 22.6 Å². The van der Waals surface area contributed by atoms with Crippen LogP contribution in [0.1, 0.15) is 66.0 Å². The molecule has 0 saturated carbocycles. The zero-order valence-corrected chi connectivity index (χ0v) is 30.3. The number of halogens is 1. The van der Waals surface area contributed by atoms with Gasteiger partial charge in [0, 0.05) is 17.6 Å². The lowest BCUT2D eigenvalue weighted by Gasteiger charge is -2.35. The van der Waals surface area contributed by atoms with E-state index < -0.39 is 46.3 Å². The lowest BCUT2D eigenvalue weighted by atomic mass is 10.1. The molecule has 14 nitrogen and oxygen atoms in total. The number of nitro groups is 1. The van der Waals surface area contributed by atoms with Gasteiger partial charge in [-0.2, -0.15) is 0 Å². The van der Waals surface area contributed by atoms with Gasteiger partial charge in [0.1, 0.15) is 28.4 Å². The quantitative estimate of drug-likeness (QED) is 0.0960. The molecule has 3 amide bonds. The third kappa shape index (κ3) is 10.1. The van der Waals surface area contributed by atoms with Crippen LogP contribution in [0.4, 0.5) is 21.0 Å². The van der Waals surface area contributed by atoms with Crippen molar-refractivity contribution in [1.82, 2.24) is 10.2 Å². The van der Waals surface area contributed by atoms with Gasteiger partial charge in [-0.05, 0) is 89.8 Å². The van der Waals surface area contributed by atoms with Crippen molar-refractivity contribution in [2.45, 2.75) is 85.2 Å². The van der Waals surface area contributed by atoms with Crippen LogP contribution >= 0.6 is 11.6 Å². The molecule has 3 aromatic rings. The number of nitrogens with zero attached hydrogens (tertiary/aromatic N) is 3. The highest BCUT2D eigenvalue weighted by Gasteiger charge is 2.39. The summed E-state index contributed by atoms with van der Waals surface area (Å²) in [5.74, 6) is -0.635. The van der Waals surface area contributed by atoms with Crippen molar-refractivity contribution in [3.8, 4) is 17.2 Å². The molecule has 0 bridgehead atoms. The number of rotatable bonds is 9. The van der Waals surface area contributed by atoms with Gasteiger partial charge in [0.05, 0.1) is 11.5 Å². The Morgan fingerprint density at radius 3 is 2.25 bits per heavy atom. The minimum atomic E-state index is -0.900. The summed E-state index contributed by atoms with van der Waals surface area (Å²) in [4.78, 5) is 53.0. The van der Waals surface area contributed by atoms with Gasteiger partial charge in [0.2, 0.25) is 11.7 Å². The van der Waals surface area contributed by atoms with Crippen molar-refractivity contribution in [3.63, 3.8) is 0 Å². The van der Waals surface area contributed by atoms with Gasteiger partial charge in [-0.3, -0.25) is 30.5 Å². The van der Waals surface area contributed by atoms with Crippen LogP contribution in [0.25, 0.3) is 0 Å². The third-order valence-corrected chi connectivity index (χ3v) is 7.65. The molecule has 4 rings (SSSR count). The zero-order chi connectivity index (χ0) is 37.7. The number of guanidine groups is 1. The van der Waals surface area contributed by atoms with Crippen LogP contribution in [0.15, 0.2) is 60.7 Å². The first-order chi connectivity index (χ1) is 23.9. The van der Waals surface area contributed by atoms with Gasteiger partial charge < -0.3 is 18.9 Å². The summed E-state index contributed by atoms with van der Waals surface area (Å²) < 4.78 is 22.8. The number of anilines is 1. The second-order valence-electron chi connectivity index (χ2n) is 13.7. The Hall–Kier alpha value is -5.37. The number of hydrogen-bond acceptors (Lipinski definition) is 10. The van der Waals surface area contributed by atoms with Gasteiger partial charge in [0.25, 0.3) is 5.91 Å². The van der Waals surface area contributed by atoms with Gasteiger partial charge in [-0.25, -0.2) is 14.5 Å². The Kier molecular flexibility index (Phi) is 11.8. The molecule has 1 aliphatic rings. The number of nitrogens with one attached hydrogen (secondary N) is 2. The molecule has 0 aliphatic carbocycles. The molecule has 1 aliphatic heterocycles. The van der Waals surface area contributed by atoms with Gasteiger partial charge in [-0.15, -0.1) is 0 Å². The highest BCUT2D eigenvalue weighted by Crippen LogP contribution is 2.49. The van der Waals surface area contributed by atoms with Crippen LogP contribution in [0, 0.1) is 15.5 Å². The highest BCUT2D eigenvalue weighted by atomic mass is 35.5. The van der Waals surface area contributed by atoms with E-state index >= 15 is 0 Å². The molecular formula is C36H42ClN5O9. The molecule has 3 aromatic carbocycles. The Bertz CT molecular complexity index is 1800. The van der Waals surface area contributed by atoms with Crippen molar-refractivity contribution in [2.24, 2.45) is 0 Å². The molecule has 0 spiro atoms. The molecule has 2 N–H and O–H groups in total. The van der Waals surface area contributed by atoms with E-state index in [1.54, 1.807) is 97.0 Å². The van der Waals surface area contributed by atoms with Crippen LogP contribution in [0.2, 0.25) is 5.02 Å². The average molecular weight is 724 g/mol. The second-order valence-corrected chi connectivity index (χ2v) is 14.1. The van der Waals surface area contributed by atoms with Gasteiger partial charge >= 0.3 is 17.9 Å². The molecule has 272 valence electrons. The average Bonchev–Trinajstić information content (AvgIpc) is 3.02. The zero-order valence-electron chi connectivity index (χ0n) is 29.6. The molecule has 51 heavy (non-hydrogen) atoms. The number of alkyl carbamates (subject to hydrolysis) is 1. The maximum Gasteiger partial charge on any atom is 0.417 e. The summed E-state index contributed by atoms with van der Waals surface area (Å²) in [7, 11) is 0. The Labute approximate surface area is 301 Å². The van der Waals surface area contributed by atoms with Crippen LogP contribution in [0.3, 0.4) is 0 Å². The Morgan fingerprint density at radius 1 is 1.02 bits per heavy atom. The third-order valence-electron chi connectivity index (χ3n) is 7.28. The standard InChI is InChI=1S/C36H42ClN5O9/c1-8-27-31(43)41(21-23-11-9-10-12-25(23)37)29-28(49-27)18-17-26(42(46)47)30(29)48-24-15-13-22(14-16-24)19-20-40(34(45)51-36(5,6)7)32(38)39-33(44)50-35(2,3)4/h9-18,27H,8,19-21H2,1-7H3,(H2,38,39,44). The molecule has 1 atom stereocenters. The van der Waals surface area contributed by atoms with Crippen molar-refractivity contribution >= 4 is 47.0 Å². The topological polar surface area (TPSA) is 174 Å². The smallest absolute Gasteiger partial charge is 0.417 e. The van der Waals surface area contributed by atoms with E-state index in [1.807, 2.05) is 0 Å². The van der Waals surface area contributed by atoms with Gasteiger partial charge in [0.15, 0.2) is 6.10 Å². The van der Waals surface area contributed by atoms with Crippen molar-refractivity contribution in [1.29, 1.82) is 5.41 Å². The van der Waals surface area contributed by atoms with Gasteiger partial charge in [-0.1, -0.05) is 48.9 Å². The summed E-state index contributed by atoms with van der Waals surface area (Å²) in [6, 6.07) is 16.3. The fourth-order valence-electron chi connectivity index (χ4n) is 5.00. The molecule has 1 unspecified atom stereocenters. The SMILES string of the molecule is CCC1Oc2ccc([N+](=O)[O-])c(Oc3ccc(CCN(C(=N)NC(=O)OC(C)(C)C)C(=O)OC(C)(C)C)cc3)c2N(Cc2ccccc2Cl)C1=O. The number of nitro benzene ring substituents is 1. The van der Waals surface area contributed by atoms with E-state index in [2.05, 4.69) is 5.32 Å². The minimum Gasteiger partial charge on any atom is -0.478 e. The number of amides is 3. The second kappa shape index (κ2) is 15.7. The lowest BCUT2D eigenvalue weighted by molar-refractivity contribution is -0.385. The number of carbonyl (C=O) groups is 3. The number of hydrogen-bond donors (Lipinski definition) is 2. The summed E-state index contributed by atoms with van der Waals surface area (Å²) >= 11 is 6.43. The van der Waals surface area contributed by atoms with E-state index in [4.69, 9.17) is 36.0 Å². The number of carbonyl (C=O) groups excluding carboxylic acids is 3. The normalized spacial score (nSPS) is 14.2. The molecule has 0 aromatic heterocycles. The van der Waals surface area contributed by atoms with Crippen molar-refractivity contribution in [2.75, 3.05) is 11.4 Å². The summed E-state index contributed by atoms with van der Waals surface area (Å²) in [5.41, 5.74) is -0.625. The van der Waals surface area contributed by atoms with E-state index in [0.717, 1.165) is 4.90 Å². The number of ether oxygens (including phenoxy) is 4. The van der Waals surface area contributed by atoms with E-state index in [9.17, 15) is 24.5 Å². The maximum atomic E-state index is 13.6. The fraction of sp³-hybridized carbons (Fsp3) is 0.389. The highest BCUT2D eigenvalue weighted by molar-refractivity contribution is 6.31. The van der Waals surface area contributed by atoms with Crippen LogP contribution in [-0.2, 0) is 27.2 Å². The fourth-order valence-corrected chi connectivity index (χ4v) is 5.19. The van der Waals surface area contributed by atoms with E-state index in [1.165, 1.54) is 17.0 Å². The summed E-state index contributed by atoms with van der Waals surface area (Å²) in [6.07, 6.45) is -1.95. The van der Waals surface area contributed by atoms with Crippen molar-refractivity contribution in [3.05, 3.63) is 86.9 Å². The molecule has 15 heteroatoms. The largest absolute Gasteiger partial charge is 0.478 e. The monoisotopic (exact) mass is 723 g/mol. The summed E-state index contributed by atoms with van der Waals surface area (Å²) in [5, 5.41) is 23.3. The molecule has 0 fully saturated rings. The minimum absolute atomic E-state index is 0.0216. The predicted molar refractivity (Wildman–Crippen MR) is 191 cm³/mol. The number of fused-ring (bicyclic) bond motifs is 1. The van der Waals surface area contributed by atoms with Crippen LogP contribution in [0.5, 0.6) is 17.2 Å². The first-order valence-electron chi connectivity index (χ1n) is 16.3. The first kappa shape index (κ1) is 38.4.